The molecule has 146 valence electrons. The predicted molar refractivity (Wildman–Crippen MR) is 109 cm³/mol. The number of rotatable bonds is 2. The fraction of sp³-hybridized carbons (Fsp3) is 0.652. The number of Topliss-reactive ketones (excluding diaryl/α,β-unsaturated/α-hetero) is 1. The fourth-order valence-electron chi connectivity index (χ4n) is 6.30. The molecule has 4 rings (SSSR count). The molecule has 2 unspecified atom stereocenters. The minimum atomic E-state index is -0.189. The van der Waals surface area contributed by atoms with Crippen LogP contribution in [0.1, 0.15) is 59.8 Å². The van der Waals surface area contributed by atoms with Gasteiger partial charge < -0.3 is 4.74 Å². The van der Waals surface area contributed by atoms with E-state index >= 15 is 0 Å². The summed E-state index contributed by atoms with van der Waals surface area (Å²) in [5.74, 6) is 0.688. The van der Waals surface area contributed by atoms with E-state index in [4.69, 9.17) is 4.74 Å². The number of allylic oxidation sites excluding steroid dienone is 5. The molecule has 0 saturated heterocycles. The molecular formula is C23H29BrO3. The van der Waals surface area contributed by atoms with Gasteiger partial charge in [-0.2, -0.15) is 0 Å². The molecule has 0 aromatic heterocycles. The van der Waals surface area contributed by atoms with E-state index in [0.717, 1.165) is 32.1 Å². The Bertz CT molecular complexity index is 791. The van der Waals surface area contributed by atoms with Gasteiger partial charge in [0.15, 0.2) is 0 Å². The molecule has 0 radical (unpaired) electrons. The van der Waals surface area contributed by atoms with Crippen molar-refractivity contribution >= 4 is 27.7 Å². The molecule has 6 atom stereocenters. The Labute approximate surface area is 170 Å². The minimum absolute atomic E-state index is 0.000396. The number of carbonyl (C=O) groups excluding carboxylic acids is 2. The Morgan fingerprint density at radius 3 is 2.56 bits per heavy atom. The van der Waals surface area contributed by atoms with E-state index in [1.807, 2.05) is 0 Å². The molecule has 27 heavy (non-hydrogen) atoms. The first kappa shape index (κ1) is 19.2. The second-order valence-electron chi connectivity index (χ2n) is 9.26. The lowest BCUT2D eigenvalue weighted by Crippen LogP contribution is -2.46. The third-order valence-electron chi connectivity index (χ3n) is 7.84. The molecule has 0 heterocycles. The number of hydrogen-bond donors (Lipinski definition) is 0. The van der Waals surface area contributed by atoms with Gasteiger partial charge in [-0.1, -0.05) is 53.6 Å². The maximum atomic E-state index is 12.3. The summed E-state index contributed by atoms with van der Waals surface area (Å²) in [5.41, 5.74) is 4.23. The van der Waals surface area contributed by atoms with Crippen molar-refractivity contribution in [3.8, 4) is 0 Å². The van der Waals surface area contributed by atoms with Gasteiger partial charge in [-0.05, 0) is 49.7 Å². The molecule has 0 amide bonds. The number of fused-ring (bicyclic) bond motifs is 5. The van der Waals surface area contributed by atoms with Crippen molar-refractivity contribution in [2.24, 2.45) is 22.7 Å². The topological polar surface area (TPSA) is 43.4 Å². The Balaban J connectivity index is 1.73. The van der Waals surface area contributed by atoms with Gasteiger partial charge in [0.2, 0.25) is 0 Å². The third kappa shape index (κ3) is 2.73. The summed E-state index contributed by atoms with van der Waals surface area (Å²) >= 11 is 3.96. The zero-order valence-corrected chi connectivity index (χ0v) is 18.3. The van der Waals surface area contributed by atoms with E-state index in [2.05, 4.69) is 48.0 Å². The molecule has 2 saturated carbocycles. The van der Waals surface area contributed by atoms with Gasteiger partial charge in [-0.3, -0.25) is 9.59 Å². The average Bonchev–Trinajstić information content (AvgIpc) is 2.95. The Morgan fingerprint density at radius 1 is 1.15 bits per heavy atom. The highest BCUT2D eigenvalue weighted by Crippen LogP contribution is 2.64. The molecule has 4 heteroatoms. The molecule has 0 bridgehead atoms. The van der Waals surface area contributed by atoms with Crippen LogP contribution in [0.25, 0.3) is 0 Å². The summed E-state index contributed by atoms with van der Waals surface area (Å²) in [7, 11) is 0. The first-order valence-electron chi connectivity index (χ1n) is 10.1. The molecular weight excluding hydrogens is 404 g/mol. The molecule has 4 aliphatic rings. The zero-order chi connectivity index (χ0) is 19.6. The highest BCUT2D eigenvalue weighted by molar-refractivity contribution is 9.09. The van der Waals surface area contributed by atoms with E-state index in [-0.39, 0.29) is 33.6 Å². The molecule has 0 aliphatic heterocycles. The molecule has 0 spiro atoms. The van der Waals surface area contributed by atoms with Crippen molar-refractivity contribution in [2.75, 3.05) is 0 Å². The monoisotopic (exact) mass is 432 g/mol. The first-order valence-corrected chi connectivity index (χ1v) is 11.0. The zero-order valence-electron chi connectivity index (χ0n) is 16.7. The Kier molecular flexibility index (Phi) is 4.57. The van der Waals surface area contributed by atoms with Crippen molar-refractivity contribution in [3.05, 3.63) is 34.9 Å². The summed E-state index contributed by atoms with van der Waals surface area (Å²) in [4.78, 5) is 23.9. The third-order valence-corrected chi connectivity index (χ3v) is 9.09. The standard InChI is InChI=1S/C23H29BrO3/c1-13(25)18-7-8-19-17-6-5-15-11-16(27-14(2)26)9-10-22(15,3)20(17)12-21(24)23(18,19)4/h5-6,12,16,18-19,21H,7-11H2,1-4H3/t16?,18-,19+,21?,22+,23-/m1/s1. The van der Waals surface area contributed by atoms with Gasteiger partial charge in [0.05, 0.1) is 0 Å². The lowest BCUT2D eigenvalue weighted by Gasteiger charge is -2.51. The Hall–Kier alpha value is -1.16. The average molecular weight is 433 g/mol. The summed E-state index contributed by atoms with van der Waals surface area (Å²) < 4.78 is 5.50. The van der Waals surface area contributed by atoms with E-state index in [1.54, 1.807) is 6.92 Å². The van der Waals surface area contributed by atoms with Crippen LogP contribution in [0.4, 0.5) is 0 Å². The van der Waals surface area contributed by atoms with Crippen LogP contribution in [0.3, 0.4) is 0 Å². The van der Waals surface area contributed by atoms with Crippen LogP contribution in [0, 0.1) is 22.7 Å². The lowest BCUT2D eigenvalue weighted by atomic mass is 9.55. The van der Waals surface area contributed by atoms with Gasteiger partial charge in [0, 0.05) is 34.9 Å². The maximum Gasteiger partial charge on any atom is 0.302 e. The summed E-state index contributed by atoms with van der Waals surface area (Å²) in [6.07, 6.45) is 11.8. The highest BCUT2D eigenvalue weighted by atomic mass is 79.9. The largest absolute Gasteiger partial charge is 0.462 e. The molecule has 3 nitrogen and oxygen atoms in total. The van der Waals surface area contributed by atoms with Crippen molar-refractivity contribution in [2.45, 2.75) is 70.7 Å². The number of alkyl halides is 1. The molecule has 4 aliphatic carbocycles. The van der Waals surface area contributed by atoms with Crippen LogP contribution in [0.15, 0.2) is 34.9 Å². The van der Waals surface area contributed by atoms with Gasteiger partial charge in [-0.15, -0.1) is 0 Å². The first-order chi connectivity index (χ1) is 12.7. The Morgan fingerprint density at radius 2 is 1.89 bits per heavy atom. The number of hydrogen-bond acceptors (Lipinski definition) is 3. The minimum Gasteiger partial charge on any atom is -0.462 e. The number of carbonyl (C=O) groups is 2. The van der Waals surface area contributed by atoms with E-state index in [0.29, 0.717) is 11.7 Å². The SMILES string of the molecule is CC(=O)OC1CC[C@@]2(C)C(=CC=C3C2=CC(Br)[C@]2(C)[C@@H](C(C)=O)CC[C@@H]32)C1. The fourth-order valence-corrected chi connectivity index (χ4v) is 7.20. The van der Waals surface area contributed by atoms with Gasteiger partial charge in [-0.25, -0.2) is 0 Å². The van der Waals surface area contributed by atoms with Crippen molar-refractivity contribution in [1.29, 1.82) is 0 Å². The number of halogens is 1. The highest BCUT2D eigenvalue weighted by Gasteiger charge is 2.57. The second-order valence-corrected chi connectivity index (χ2v) is 10.2. The molecule has 2 fully saturated rings. The van der Waals surface area contributed by atoms with Gasteiger partial charge >= 0.3 is 5.97 Å². The quantitative estimate of drug-likeness (QED) is 0.439. The van der Waals surface area contributed by atoms with Crippen LogP contribution < -0.4 is 0 Å². The number of esters is 1. The maximum absolute atomic E-state index is 12.3. The van der Waals surface area contributed by atoms with E-state index in [1.165, 1.54) is 23.6 Å². The predicted octanol–water partition coefficient (Wildman–Crippen LogP) is 5.30. The van der Waals surface area contributed by atoms with Crippen LogP contribution in [-0.2, 0) is 14.3 Å². The van der Waals surface area contributed by atoms with Crippen molar-refractivity contribution in [1.82, 2.24) is 0 Å². The summed E-state index contributed by atoms with van der Waals surface area (Å²) in [6.45, 7) is 7.89. The van der Waals surface area contributed by atoms with Gasteiger partial charge in [0.25, 0.3) is 0 Å². The molecule has 0 aromatic rings. The van der Waals surface area contributed by atoms with Gasteiger partial charge in [0.1, 0.15) is 11.9 Å². The smallest absolute Gasteiger partial charge is 0.302 e. The summed E-state index contributed by atoms with van der Waals surface area (Å²) in [5, 5.41) is 0. The molecule has 0 N–H and O–H groups in total. The number of ether oxygens (including phenoxy) is 1. The van der Waals surface area contributed by atoms with E-state index in [9.17, 15) is 9.59 Å². The number of ketones is 1. The van der Waals surface area contributed by atoms with Crippen molar-refractivity contribution < 1.29 is 14.3 Å². The molecule has 0 aromatic carbocycles. The van der Waals surface area contributed by atoms with Crippen molar-refractivity contribution in [3.63, 3.8) is 0 Å². The van der Waals surface area contributed by atoms with Crippen LogP contribution in [-0.4, -0.2) is 22.7 Å². The van der Waals surface area contributed by atoms with Crippen LogP contribution in [0.2, 0.25) is 0 Å². The normalized spacial score (nSPS) is 42.8. The second kappa shape index (κ2) is 6.43. The lowest BCUT2D eigenvalue weighted by molar-refractivity contribution is -0.147. The summed E-state index contributed by atoms with van der Waals surface area (Å²) in [6, 6.07) is 0. The van der Waals surface area contributed by atoms with Crippen LogP contribution in [0.5, 0.6) is 0 Å². The van der Waals surface area contributed by atoms with E-state index < -0.39 is 0 Å². The van der Waals surface area contributed by atoms with Crippen LogP contribution >= 0.6 is 15.9 Å².